The summed E-state index contributed by atoms with van der Waals surface area (Å²) in [5.74, 6) is 0.476. The van der Waals surface area contributed by atoms with Crippen molar-refractivity contribution >= 4 is 35.0 Å². The molecule has 1 heterocycles. The molecule has 27 heavy (non-hydrogen) atoms. The minimum absolute atomic E-state index is 0.118. The Bertz CT molecular complexity index is 879. The topological polar surface area (TPSA) is 68.0 Å². The number of hydrogen-bond donors (Lipinski definition) is 1. The normalized spacial score (nSPS) is 10.7. The molecule has 0 aliphatic rings. The van der Waals surface area contributed by atoms with E-state index in [2.05, 4.69) is 34.6 Å². The number of nitrogens with zero attached hydrogens (tertiary/aromatic N) is 2. The van der Waals surface area contributed by atoms with Crippen molar-refractivity contribution in [1.29, 1.82) is 0 Å². The zero-order valence-corrected chi connectivity index (χ0v) is 16.5. The lowest BCUT2D eigenvalue weighted by Gasteiger charge is -2.05. The molecule has 0 saturated heterocycles. The van der Waals surface area contributed by atoms with Gasteiger partial charge < -0.3 is 9.73 Å². The van der Waals surface area contributed by atoms with E-state index in [1.165, 1.54) is 30.2 Å². The fourth-order valence-corrected chi connectivity index (χ4v) is 3.13. The van der Waals surface area contributed by atoms with Crippen molar-refractivity contribution in [3.63, 3.8) is 0 Å². The Morgan fingerprint density at radius 2 is 1.85 bits per heavy atom. The first-order valence-electron chi connectivity index (χ1n) is 8.75. The van der Waals surface area contributed by atoms with Crippen molar-refractivity contribution in [1.82, 2.24) is 10.2 Å². The second-order valence-corrected chi connectivity index (χ2v) is 7.38. The average Bonchev–Trinajstić information content (AvgIpc) is 3.15. The molecule has 3 rings (SSSR count). The van der Waals surface area contributed by atoms with Crippen LogP contribution in [0.15, 0.2) is 58.2 Å². The first-order valence-corrected chi connectivity index (χ1v) is 10.1. The fourth-order valence-electron chi connectivity index (χ4n) is 2.44. The monoisotopic (exact) mass is 401 g/mol. The summed E-state index contributed by atoms with van der Waals surface area (Å²) in [5.41, 5.74) is 2.85. The lowest BCUT2D eigenvalue weighted by atomic mass is 10.1. The highest BCUT2D eigenvalue weighted by Crippen LogP contribution is 2.24. The number of thioether (sulfide) groups is 1. The molecular weight excluding hydrogens is 382 g/mol. The number of benzene rings is 2. The lowest BCUT2D eigenvalue weighted by molar-refractivity contribution is -0.113. The molecule has 140 valence electrons. The molecule has 0 bridgehead atoms. The molecule has 3 aromatic rings. The molecule has 5 nitrogen and oxygen atoms in total. The maximum atomic E-state index is 12.1. The number of rotatable bonds is 8. The summed E-state index contributed by atoms with van der Waals surface area (Å²) >= 11 is 7.07. The molecule has 2 aromatic carbocycles. The van der Waals surface area contributed by atoms with Crippen LogP contribution in [0.1, 0.15) is 25.3 Å². The number of halogens is 1. The van der Waals surface area contributed by atoms with Gasteiger partial charge in [-0.05, 0) is 54.8 Å². The Balaban J connectivity index is 1.50. The summed E-state index contributed by atoms with van der Waals surface area (Å²) in [6.07, 6.45) is 3.41. The van der Waals surface area contributed by atoms with E-state index in [0.717, 1.165) is 17.7 Å². The van der Waals surface area contributed by atoms with Gasteiger partial charge in [-0.15, -0.1) is 10.2 Å². The van der Waals surface area contributed by atoms with Crippen LogP contribution in [0.2, 0.25) is 5.02 Å². The minimum Gasteiger partial charge on any atom is -0.411 e. The van der Waals surface area contributed by atoms with Gasteiger partial charge in [-0.25, -0.2) is 0 Å². The number of carbonyl (C=O) groups is 1. The smallest absolute Gasteiger partial charge is 0.277 e. The molecule has 0 saturated carbocycles. The van der Waals surface area contributed by atoms with E-state index in [1.54, 1.807) is 24.3 Å². The minimum atomic E-state index is -0.118. The van der Waals surface area contributed by atoms with Crippen LogP contribution < -0.4 is 5.32 Å². The molecule has 0 unspecified atom stereocenters. The number of anilines is 1. The largest absolute Gasteiger partial charge is 0.411 e. The van der Waals surface area contributed by atoms with Crippen LogP contribution in [0.5, 0.6) is 0 Å². The summed E-state index contributed by atoms with van der Waals surface area (Å²) in [5, 5.41) is 11.8. The number of amides is 1. The van der Waals surface area contributed by atoms with Crippen molar-refractivity contribution in [3.8, 4) is 11.5 Å². The van der Waals surface area contributed by atoms with Crippen molar-refractivity contribution < 1.29 is 9.21 Å². The number of carbonyl (C=O) groups excluding carboxylic acids is 1. The van der Waals surface area contributed by atoms with E-state index in [9.17, 15) is 4.79 Å². The van der Waals surface area contributed by atoms with Gasteiger partial charge in [0.1, 0.15) is 0 Å². The maximum absolute atomic E-state index is 12.1. The summed E-state index contributed by atoms with van der Waals surface area (Å²) in [6, 6.07) is 15.1. The highest BCUT2D eigenvalue weighted by molar-refractivity contribution is 7.99. The molecule has 1 aromatic heterocycles. The van der Waals surface area contributed by atoms with Crippen LogP contribution in [0, 0.1) is 0 Å². The predicted octanol–water partition coefficient (Wildman–Crippen LogP) is 5.46. The quantitative estimate of drug-likeness (QED) is 0.507. The Labute approximate surface area is 167 Å². The predicted molar refractivity (Wildman–Crippen MR) is 109 cm³/mol. The van der Waals surface area contributed by atoms with Crippen LogP contribution in [0.4, 0.5) is 5.69 Å². The summed E-state index contributed by atoms with van der Waals surface area (Å²) in [6.45, 7) is 2.17. The molecule has 0 spiro atoms. The van der Waals surface area contributed by atoms with E-state index < -0.39 is 0 Å². The second kappa shape index (κ2) is 9.58. The van der Waals surface area contributed by atoms with Crippen molar-refractivity contribution in [2.24, 2.45) is 0 Å². The van der Waals surface area contributed by atoms with E-state index in [1.807, 2.05) is 12.1 Å². The van der Waals surface area contributed by atoms with Gasteiger partial charge in [0.25, 0.3) is 5.22 Å². The van der Waals surface area contributed by atoms with Crippen LogP contribution in [0.3, 0.4) is 0 Å². The molecule has 7 heteroatoms. The molecule has 1 N–H and O–H groups in total. The number of unbranched alkanes of at least 4 members (excludes halogenated alkanes) is 1. The van der Waals surface area contributed by atoms with Gasteiger partial charge in [0.05, 0.1) is 5.75 Å². The zero-order chi connectivity index (χ0) is 19.1. The number of aromatic nitrogens is 2. The lowest BCUT2D eigenvalue weighted by Crippen LogP contribution is -2.13. The van der Waals surface area contributed by atoms with E-state index in [-0.39, 0.29) is 11.7 Å². The Morgan fingerprint density at radius 1 is 1.11 bits per heavy atom. The first kappa shape index (κ1) is 19.5. The average molecular weight is 402 g/mol. The molecule has 0 aliphatic carbocycles. The van der Waals surface area contributed by atoms with Crippen LogP contribution >= 0.6 is 23.4 Å². The van der Waals surface area contributed by atoms with Crippen LogP contribution in [-0.4, -0.2) is 21.9 Å². The van der Waals surface area contributed by atoms with Gasteiger partial charge in [-0.1, -0.05) is 48.8 Å². The molecule has 0 aliphatic heterocycles. The Morgan fingerprint density at radius 3 is 2.56 bits per heavy atom. The number of hydrogen-bond acceptors (Lipinski definition) is 5. The molecule has 0 atom stereocenters. The summed E-state index contributed by atoms with van der Waals surface area (Å²) in [7, 11) is 0. The van der Waals surface area contributed by atoms with Crippen LogP contribution in [0.25, 0.3) is 11.5 Å². The molecular formula is C20H20ClN3O2S. The first-order chi connectivity index (χ1) is 13.1. The second-order valence-electron chi connectivity index (χ2n) is 6.02. The van der Waals surface area contributed by atoms with Gasteiger partial charge >= 0.3 is 0 Å². The SMILES string of the molecule is CCCCc1ccc(NC(=O)CSc2nnc(-c3ccc(Cl)cc3)o2)cc1. The van der Waals surface area contributed by atoms with E-state index in [4.69, 9.17) is 16.0 Å². The Kier molecular flexibility index (Phi) is 6.90. The van der Waals surface area contributed by atoms with Gasteiger partial charge in [-0.2, -0.15) is 0 Å². The molecule has 0 fully saturated rings. The van der Waals surface area contributed by atoms with E-state index in [0.29, 0.717) is 16.1 Å². The molecule has 1 amide bonds. The third-order valence-electron chi connectivity index (χ3n) is 3.88. The van der Waals surface area contributed by atoms with Gasteiger partial charge in [-0.3, -0.25) is 4.79 Å². The van der Waals surface area contributed by atoms with Crippen molar-refractivity contribution in [3.05, 3.63) is 59.1 Å². The number of nitrogens with one attached hydrogen (secondary N) is 1. The highest BCUT2D eigenvalue weighted by atomic mass is 35.5. The van der Waals surface area contributed by atoms with Gasteiger partial charge in [0.2, 0.25) is 11.8 Å². The molecule has 0 radical (unpaired) electrons. The Hall–Kier alpha value is -2.31. The number of aryl methyl sites for hydroxylation is 1. The van der Waals surface area contributed by atoms with Crippen LogP contribution in [-0.2, 0) is 11.2 Å². The standard InChI is InChI=1S/C20H20ClN3O2S/c1-2-3-4-14-5-11-17(12-6-14)22-18(25)13-27-20-24-23-19(26-20)15-7-9-16(21)10-8-15/h5-12H,2-4,13H2,1H3,(H,22,25). The third kappa shape index (κ3) is 5.84. The highest BCUT2D eigenvalue weighted by Gasteiger charge is 2.11. The van der Waals surface area contributed by atoms with Gasteiger partial charge in [0.15, 0.2) is 0 Å². The maximum Gasteiger partial charge on any atom is 0.277 e. The fraction of sp³-hybridized carbons (Fsp3) is 0.250. The zero-order valence-electron chi connectivity index (χ0n) is 14.9. The van der Waals surface area contributed by atoms with Crippen molar-refractivity contribution in [2.75, 3.05) is 11.1 Å². The third-order valence-corrected chi connectivity index (χ3v) is 4.95. The summed E-state index contributed by atoms with van der Waals surface area (Å²) in [4.78, 5) is 12.1. The van der Waals surface area contributed by atoms with Crippen molar-refractivity contribution in [2.45, 2.75) is 31.4 Å². The summed E-state index contributed by atoms with van der Waals surface area (Å²) < 4.78 is 5.58. The van der Waals surface area contributed by atoms with Gasteiger partial charge in [0, 0.05) is 16.3 Å². The van der Waals surface area contributed by atoms with E-state index >= 15 is 0 Å².